The molecule has 0 aliphatic rings. The number of carbonyl (C=O) groups excluding carboxylic acids is 2. The summed E-state index contributed by atoms with van der Waals surface area (Å²) in [6, 6.07) is 0. The lowest BCUT2D eigenvalue weighted by atomic mass is 10.2. The van der Waals surface area contributed by atoms with Crippen LogP contribution in [-0.2, 0) is 23.8 Å². The molecule has 0 fully saturated rings. The highest BCUT2D eigenvalue weighted by atomic mass is 19.2. The van der Waals surface area contributed by atoms with Crippen molar-refractivity contribution >= 4 is 11.7 Å². The fourth-order valence-electron chi connectivity index (χ4n) is 1.56. The van der Waals surface area contributed by atoms with Gasteiger partial charge in [-0.2, -0.15) is 5.54 Å². The Morgan fingerprint density at radius 2 is 1.35 bits per heavy atom. The monoisotopic (exact) mass is 336 g/mol. The summed E-state index contributed by atoms with van der Waals surface area (Å²) in [7, 11) is 0. The summed E-state index contributed by atoms with van der Waals surface area (Å²) in [5, 5.41) is 2.73. The third-order valence-electron chi connectivity index (χ3n) is 2.80. The topological polar surface area (TPSA) is 85.9 Å². The predicted molar refractivity (Wildman–Crippen MR) is 83.7 cm³/mol. The Morgan fingerprint density at radius 1 is 0.826 bits per heavy atom. The maximum atomic E-state index is 11.5. The first kappa shape index (κ1) is 21.9. The second-order valence-electron chi connectivity index (χ2n) is 4.98. The zero-order valence-corrected chi connectivity index (χ0v) is 13.9. The van der Waals surface area contributed by atoms with Crippen LogP contribution in [-0.4, -0.2) is 64.4 Å². The number of amides is 1. The van der Waals surface area contributed by atoms with Crippen LogP contribution in [0.1, 0.15) is 32.6 Å². The lowest BCUT2D eigenvalue weighted by molar-refractivity contribution is -0.124. The minimum atomic E-state index is -0.106. The molecule has 0 aliphatic carbocycles. The Labute approximate surface area is 137 Å². The van der Waals surface area contributed by atoms with E-state index in [1.165, 1.54) is 6.92 Å². The summed E-state index contributed by atoms with van der Waals surface area (Å²) < 4.78 is 27.4. The van der Waals surface area contributed by atoms with Crippen molar-refractivity contribution in [3.63, 3.8) is 0 Å². The summed E-state index contributed by atoms with van der Waals surface area (Å²) in [5.74, 6) is -0.0866. The first-order valence-electron chi connectivity index (χ1n) is 7.99. The molecule has 0 aromatic carbocycles. The number of Topliss-reactive ketones (excluding diaryl/α,β-unsaturated/α-hetero) is 1. The highest BCUT2D eigenvalue weighted by molar-refractivity contribution is 5.83. The van der Waals surface area contributed by atoms with Crippen molar-refractivity contribution in [3.05, 3.63) is 0 Å². The average molecular weight is 336 g/mol. The minimum Gasteiger partial charge on any atom is -0.379 e. The Morgan fingerprint density at radius 3 is 1.87 bits per heavy atom. The Hall–Kier alpha value is -1.09. The summed E-state index contributed by atoms with van der Waals surface area (Å²) >= 11 is 0. The Balaban J connectivity index is 3.10. The van der Waals surface area contributed by atoms with Crippen molar-refractivity contribution in [2.75, 3.05) is 52.7 Å². The molecule has 136 valence electrons. The smallest absolute Gasteiger partial charge is 0.220 e. The zero-order chi connectivity index (χ0) is 17.2. The van der Waals surface area contributed by atoms with E-state index < -0.39 is 0 Å². The van der Waals surface area contributed by atoms with Crippen LogP contribution >= 0.6 is 0 Å². The van der Waals surface area contributed by atoms with E-state index in [2.05, 4.69) is 5.32 Å². The number of ether oxygens (including phenoxy) is 3. The summed E-state index contributed by atoms with van der Waals surface area (Å²) in [5.41, 5.74) is 1.56. The van der Waals surface area contributed by atoms with E-state index in [0.717, 1.165) is 6.42 Å². The average Bonchev–Trinajstić information content (AvgIpc) is 2.53. The van der Waals surface area contributed by atoms with Crippen LogP contribution in [0.4, 0.5) is 4.48 Å². The van der Waals surface area contributed by atoms with Crippen molar-refractivity contribution < 1.29 is 28.3 Å². The zero-order valence-electron chi connectivity index (χ0n) is 13.9. The fraction of sp³-hybridized carbons (Fsp3) is 0.867. The summed E-state index contributed by atoms with van der Waals surface area (Å²) in [4.78, 5) is 22.0. The highest BCUT2D eigenvalue weighted by Gasteiger charge is 2.02. The van der Waals surface area contributed by atoms with Gasteiger partial charge < -0.3 is 24.3 Å². The molecule has 0 unspecified atom stereocenters. The molecule has 2 N–H and O–H groups in total. The number of nitrogens with one attached hydrogen (secondary N) is 2. The number of ketones is 1. The van der Waals surface area contributed by atoms with Crippen molar-refractivity contribution in [1.82, 2.24) is 10.9 Å². The van der Waals surface area contributed by atoms with E-state index in [9.17, 15) is 14.1 Å². The quantitative estimate of drug-likeness (QED) is 0.301. The van der Waals surface area contributed by atoms with Crippen LogP contribution in [0, 0.1) is 0 Å². The molecule has 0 bridgehead atoms. The second-order valence-corrected chi connectivity index (χ2v) is 4.98. The third kappa shape index (κ3) is 18.9. The van der Waals surface area contributed by atoms with E-state index in [4.69, 9.17) is 14.2 Å². The minimum absolute atomic E-state index is 0.0191. The van der Waals surface area contributed by atoms with Crippen LogP contribution < -0.4 is 10.9 Å². The molecule has 0 spiro atoms. The molecule has 0 aromatic heterocycles. The van der Waals surface area contributed by atoms with E-state index in [0.29, 0.717) is 59.2 Å². The second kappa shape index (κ2) is 17.3. The number of hydrogen-bond donors (Lipinski definition) is 2. The summed E-state index contributed by atoms with van der Waals surface area (Å²) in [6.45, 7) is 5.31. The number of rotatable bonds is 17. The number of hydrogen-bond acceptors (Lipinski definition) is 6. The van der Waals surface area contributed by atoms with E-state index in [-0.39, 0.29) is 24.5 Å². The molecule has 0 radical (unpaired) electrons. The molecule has 23 heavy (non-hydrogen) atoms. The van der Waals surface area contributed by atoms with Gasteiger partial charge in [0.1, 0.15) is 5.78 Å². The maximum absolute atomic E-state index is 11.5. The summed E-state index contributed by atoms with van der Waals surface area (Å²) in [6.07, 6.45) is 1.88. The van der Waals surface area contributed by atoms with Gasteiger partial charge >= 0.3 is 0 Å². The van der Waals surface area contributed by atoms with Gasteiger partial charge in [-0.25, -0.2) is 0 Å². The SMILES string of the molecule is CC(=O)CCC(=O)NCCCOCCOCCOCCCNF. The molecule has 0 aromatic rings. The molecular formula is C15H29FN2O5. The molecule has 0 saturated heterocycles. The van der Waals surface area contributed by atoms with E-state index >= 15 is 0 Å². The lowest BCUT2D eigenvalue weighted by Crippen LogP contribution is -2.25. The van der Waals surface area contributed by atoms with Crippen molar-refractivity contribution in [2.45, 2.75) is 32.6 Å². The molecule has 0 rings (SSSR count). The normalized spacial score (nSPS) is 10.7. The van der Waals surface area contributed by atoms with Gasteiger partial charge in [-0.3, -0.25) is 4.79 Å². The van der Waals surface area contributed by atoms with E-state index in [1.54, 1.807) is 5.54 Å². The number of carbonyl (C=O) groups is 2. The Bertz CT molecular complexity index is 306. The van der Waals surface area contributed by atoms with Gasteiger partial charge in [0, 0.05) is 39.1 Å². The largest absolute Gasteiger partial charge is 0.379 e. The van der Waals surface area contributed by atoms with Gasteiger partial charge in [-0.1, -0.05) is 0 Å². The molecule has 8 heteroatoms. The van der Waals surface area contributed by atoms with Crippen LogP contribution in [0.3, 0.4) is 0 Å². The van der Waals surface area contributed by atoms with Crippen LogP contribution in [0.5, 0.6) is 0 Å². The van der Waals surface area contributed by atoms with Crippen molar-refractivity contribution in [1.29, 1.82) is 0 Å². The molecular weight excluding hydrogens is 307 g/mol. The molecule has 0 atom stereocenters. The molecule has 0 saturated carbocycles. The van der Waals surface area contributed by atoms with Crippen molar-refractivity contribution in [2.24, 2.45) is 0 Å². The van der Waals surface area contributed by atoms with Gasteiger partial charge in [0.25, 0.3) is 0 Å². The van der Waals surface area contributed by atoms with Gasteiger partial charge in [0.2, 0.25) is 5.91 Å². The van der Waals surface area contributed by atoms with Crippen LogP contribution in [0.15, 0.2) is 0 Å². The first-order chi connectivity index (χ1) is 11.2. The molecule has 1 amide bonds. The molecule has 0 aliphatic heterocycles. The van der Waals surface area contributed by atoms with E-state index in [1.807, 2.05) is 0 Å². The highest BCUT2D eigenvalue weighted by Crippen LogP contribution is 1.90. The molecule has 7 nitrogen and oxygen atoms in total. The number of halogens is 1. The lowest BCUT2D eigenvalue weighted by Gasteiger charge is -2.07. The van der Waals surface area contributed by atoms with Gasteiger partial charge in [-0.15, -0.1) is 4.48 Å². The fourth-order valence-corrected chi connectivity index (χ4v) is 1.56. The first-order valence-corrected chi connectivity index (χ1v) is 7.99. The van der Waals surface area contributed by atoms with Crippen LogP contribution in [0.25, 0.3) is 0 Å². The van der Waals surface area contributed by atoms with Crippen LogP contribution in [0.2, 0.25) is 0 Å². The van der Waals surface area contributed by atoms with Gasteiger partial charge in [-0.05, 0) is 19.8 Å². The molecule has 0 heterocycles. The van der Waals surface area contributed by atoms with Crippen molar-refractivity contribution in [3.8, 4) is 0 Å². The maximum Gasteiger partial charge on any atom is 0.220 e. The standard InChI is InChI=1S/C15H29FN2O5/c1-14(19)4-5-15(20)17-6-2-8-21-10-12-23-13-11-22-9-3-7-18-16/h18H,2-13H2,1H3,(H,17,20). The predicted octanol–water partition coefficient (Wildman–Crippen LogP) is 0.776. The Kier molecular flexibility index (Phi) is 16.4. The third-order valence-corrected chi connectivity index (χ3v) is 2.80. The van der Waals surface area contributed by atoms with Gasteiger partial charge in [0.05, 0.1) is 26.4 Å². The van der Waals surface area contributed by atoms with Gasteiger partial charge in [0.15, 0.2) is 0 Å².